The van der Waals surface area contributed by atoms with Crippen molar-refractivity contribution in [3.8, 4) is 0 Å². The minimum Gasteiger partial charge on any atom is -0.519 e. The first-order valence-corrected chi connectivity index (χ1v) is 11.0. The molecule has 4 heteroatoms. The Morgan fingerprint density at radius 3 is 2.00 bits per heavy atom. The molecule has 0 rings (SSSR count). The molecule has 0 saturated heterocycles. The minimum absolute atomic E-state index is 0.0525. The van der Waals surface area contributed by atoms with Crippen molar-refractivity contribution in [3.05, 3.63) is 0 Å². The molecule has 0 aromatic heterocycles. The number of unbranched alkanes of at least 4 members (excludes halogenated alkanes) is 3. The first-order valence-electron chi connectivity index (χ1n) is 6.92. The van der Waals surface area contributed by atoms with Gasteiger partial charge in [-0.05, 0) is 35.4 Å². The van der Waals surface area contributed by atoms with Crippen LogP contribution in [0.15, 0.2) is 0 Å². The average Bonchev–Trinajstić information content (AvgIpc) is 2.36. The number of rotatable bonds is 10. The molecule has 0 saturated carbocycles. The van der Waals surface area contributed by atoms with Gasteiger partial charge in [0.2, 0.25) is 0 Å². The molecule has 0 spiro atoms. The summed E-state index contributed by atoms with van der Waals surface area (Å²) >= 11 is 2.40. The predicted molar refractivity (Wildman–Crippen MR) is 85.3 cm³/mol. The van der Waals surface area contributed by atoms with E-state index in [9.17, 15) is 4.79 Å². The first-order chi connectivity index (χ1) is 8.14. The van der Waals surface area contributed by atoms with Gasteiger partial charge in [-0.15, -0.1) is 0 Å². The molecule has 102 valence electrons. The molecule has 0 aliphatic rings. The Morgan fingerprint density at radius 2 is 1.53 bits per heavy atom. The van der Waals surface area contributed by atoms with Crippen molar-refractivity contribution in [1.82, 2.24) is 0 Å². The zero-order valence-electron chi connectivity index (χ0n) is 11.6. The summed E-state index contributed by atoms with van der Waals surface area (Å²) in [5, 5.41) is 0. The zero-order chi connectivity index (χ0) is 13.1. The number of hydrogen-bond donors (Lipinski definition) is 0. The van der Waals surface area contributed by atoms with Gasteiger partial charge in [0.25, 0.3) is 14.3 Å². The van der Waals surface area contributed by atoms with Crippen molar-refractivity contribution < 1.29 is 9.22 Å². The van der Waals surface area contributed by atoms with Crippen LogP contribution in [0, 0.1) is 0 Å². The van der Waals surface area contributed by atoms with E-state index in [1.807, 2.05) is 0 Å². The van der Waals surface area contributed by atoms with Gasteiger partial charge >= 0.3 is 0 Å². The molecule has 0 amide bonds. The van der Waals surface area contributed by atoms with Gasteiger partial charge < -0.3 is 4.43 Å². The molecule has 0 atom stereocenters. The summed E-state index contributed by atoms with van der Waals surface area (Å²) in [6.45, 7) is 6.48. The van der Waals surface area contributed by atoms with Crippen molar-refractivity contribution in [2.75, 3.05) is 4.43 Å². The number of halogens is 1. The van der Waals surface area contributed by atoms with Gasteiger partial charge in [-0.3, -0.25) is 4.79 Å². The molecule has 2 nitrogen and oxygen atoms in total. The zero-order valence-corrected chi connectivity index (χ0v) is 14.7. The third-order valence-electron chi connectivity index (χ3n) is 3.53. The van der Waals surface area contributed by atoms with Crippen LogP contribution >= 0.6 is 22.6 Å². The van der Waals surface area contributed by atoms with Crippen LogP contribution in [0.2, 0.25) is 18.1 Å². The molecule has 0 unspecified atom stereocenters. The van der Waals surface area contributed by atoms with Crippen molar-refractivity contribution in [2.24, 2.45) is 0 Å². The fourth-order valence-electron chi connectivity index (χ4n) is 1.98. The molecule has 0 radical (unpaired) electrons. The lowest BCUT2D eigenvalue weighted by Crippen LogP contribution is -2.38. The predicted octanol–water partition coefficient (Wildman–Crippen LogP) is 4.92. The second-order valence-electron chi connectivity index (χ2n) is 4.57. The third-order valence-corrected chi connectivity index (χ3v) is 8.82. The normalized spacial score (nSPS) is 11.5. The van der Waals surface area contributed by atoms with Crippen LogP contribution < -0.4 is 0 Å². The van der Waals surface area contributed by atoms with E-state index in [1.54, 1.807) is 0 Å². The van der Waals surface area contributed by atoms with E-state index in [-0.39, 0.29) is 5.97 Å². The summed E-state index contributed by atoms with van der Waals surface area (Å²) in [6.07, 6.45) is 5.30. The Bertz CT molecular complexity index is 197. The fourth-order valence-corrected chi connectivity index (χ4v) is 5.03. The molecule has 0 aliphatic heterocycles. The van der Waals surface area contributed by atoms with Gasteiger partial charge in [0.1, 0.15) is 0 Å². The van der Waals surface area contributed by atoms with E-state index >= 15 is 0 Å². The monoisotopic (exact) mass is 370 g/mol. The lowest BCUT2D eigenvalue weighted by atomic mass is 10.2. The Kier molecular flexibility index (Phi) is 10.6. The van der Waals surface area contributed by atoms with Crippen LogP contribution in [0.4, 0.5) is 0 Å². The number of carbonyl (C=O) groups excluding carboxylic acids is 1. The second-order valence-corrected chi connectivity index (χ2v) is 10.3. The van der Waals surface area contributed by atoms with Crippen LogP contribution in [-0.4, -0.2) is 18.7 Å². The van der Waals surface area contributed by atoms with Crippen LogP contribution in [-0.2, 0) is 9.22 Å². The van der Waals surface area contributed by atoms with Gasteiger partial charge in [0.15, 0.2) is 0 Å². The van der Waals surface area contributed by atoms with E-state index in [0.717, 1.165) is 31.0 Å². The fraction of sp³-hybridized carbons (Fsp3) is 0.923. The highest BCUT2D eigenvalue weighted by atomic mass is 127. The van der Waals surface area contributed by atoms with Gasteiger partial charge in [-0.1, -0.05) is 56.2 Å². The summed E-state index contributed by atoms with van der Waals surface area (Å²) < 4.78 is 7.01. The van der Waals surface area contributed by atoms with E-state index < -0.39 is 8.32 Å². The van der Waals surface area contributed by atoms with Crippen LogP contribution in [0.3, 0.4) is 0 Å². The van der Waals surface area contributed by atoms with Crippen molar-refractivity contribution in [3.63, 3.8) is 0 Å². The maximum atomic E-state index is 11.8. The molecule has 0 N–H and O–H groups in total. The Hall–Kier alpha value is 0.417. The number of carbonyl (C=O) groups is 1. The van der Waals surface area contributed by atoms with Crippen LogP contribution in [0.1, 0.15) is 52.9 Å². The largest absolute Gasteiger partial charge is 0.519 e. The molecule has 0 aromatic rings. The molecule has 0 aromatic carbocycles. The molecular weight excluding hydrogens is 343 g/mol. The average molecular weight is 370 g/mol. The van der Waals surface area contributed by atoms with Gasteiger partial charge in [-0.25, -0.2) is 0 Å². The number of alkyl halides is 1. The standard InChI is InChI=1S/C13H27IO2Si/c1-4-17(5-2,6-3)16-13(15)11-9-7-8-10-12-14/h4-12H2,1-3H3. The van der Waals surface area contributed by atoms with Crippen molar-refractivity contribution in [2.45, 2.75) is 71.0 Å². The topological polar surface area (TPSA) is 26.3 Å². The van der Waals surface area contributed by atoms with E-state index in [1.165, 1.54) is 17.3 Å². The van der Waals surface area contributed by atoms with Gasteiger partial charge in [0, 0.05) is 6.42 Å². The van der Waals surface area contributed by atoms with Crippen molar-refractivity contribution >= 4 is 36.9 Å². The molecule has 0 aliphatic carbocycles. The maximum Gasteiger partial charge on any atom is 0.292 e. The molecule has 0 bridgehead atoms. The Balaban J connectivity index is 3.83. The molecule has 17 heavy (non-hydrogen) atoms. The van der Waals surface area contributed by atoms with Crippen LogP contribution in [0.5, 0.6) is 0 Å². The quantitative estimate of drug-likeness (QED) is 0.236. The molecule has 0 heterocycles. The summed E-state index contributed by atoms with van der Waals surface area (Å²) in [6, 6.07) is 3.17. The summed E-state index contributed by atoms with van der Waals surface area (Å²) in [7, 11) is -1.71. The smallest absolute Gasteiger partial charge is 0.292 e. The van der Waals surface area contributed by atoms with E-state index in [0.29, 0.717) is 6.42 Å². The molecular formula is C13H27IO2Si. The maximum absolute atomic E-state index is 11.8. The second kappa shape index (κ2) is 10.3. The lowest BCUT2D eigenvalue weighted by molar-refractivity contribution is -0.135. The molecule has 0 fully saturated rings. The Labute approximate surface area is 121 Å². The highest BCUT2D eigenvalue weighted by Crippen LogP contribution is 2.22. The van der Waals surface area contributed by atoms with Gasteiger partial charge in [-0.2, -0.15) is 0 Å². The lowest BCUT2D eigenvalue weighted by Gasteiger charge is -2.27. The van der Waals surface area contributed by atoms with E-state index in [4.69, 9.17) is 4.43 Å². The summed E-state index contributed by atoms with van der Waals surface area (Å²) in [4.78, 5) is 11.8. The highest BCUT2D eigenvalue weighted by molar-refractivity contribution is 14.1. The van der Waals surface area contributed by atoms with E-state index in [2.05, 4.69) is 43.4 Å². The first kappa shape index (κ1) is 17.4. The minimum atomic E-state index is -1.71. The van der Waals surface area contributed by atoms with Gasteiger partial charge in [0.05, 0.1) is 0 Å². The number of hydrogen-bond acceptors (Lipinski definition) is 2. The third kappa shape index (κ3) is 7.44. The van der Waals surface area contributed by atoms with Crippen molar-refractivity contribution in [1.29, 1.82) is 0 Å². The Morgan fingerprint density at radius 1 is 1.00 bits per heavy atom. The summed E-state index contributed by atoms with van der Waals surface area (Å²) in [5.74, 6) is 0.0525. The highest BCUT2D eigenvalue weighted by Gasteiger charge is 2.32. The van der Waals surface area contributed by atoms with Crippen LogP contribution in [0.25, 0.3) is 0 Å². The summed E-state index contributed by atoms with van der Waals surface area (Å²) in [5.41, 5.74) is 0. The SMILES string of the molecule is CC[Si](CC)(CC)OC(=O)CCCCCCI.